The van der Waals surface area contributed by atoms with Gasteiger partial charge in [-0.15, -0.1) is 6.58 Å². The average molecular weight is 339 g/mol. The topological polar surface area (TPSA) is 51.8 Å². The predicted octanol–water partition coefficient (Wildman–Crippen LogP) is 2.19. The Hall–Kier alpha value is -1.02. The van der Waals surface area contributed by atoms with Gasteiger partial charge in [-0.1, -0.05) is 36.4 Å². The molecule has 0 spiro atoms. The third-order valence-corrected chi connectivity index (χ3v) is 6.35. The first-order valence-corrected chi connectivity index (χ1v) is 10.00. The van der Waals surface area contributed by atoms with Crippen LogP contribution in [0.5, 0.6) is 0 Å². The van der Waals surface area contributed by atoms with Crippen LogP contribution in [0.1, 0.15) is 12.0 Å². The molecule has 6 heteroatoms. The molecule has 1 rings (SSSR count). The minimum absolute atomic E-state index is 0.463. The summed E-state index contributed by atoms with van der Waals surface area (Å²) in [6.07, 6.45) is 2.68. The van der Waals surface area contributed by atoms with Gasteiger partial charge in [-0.3, -0.25) is 0 Å². The number of nitrogens with one attached hydrogen (secondary N) is 2. The second-order valence-corrected chi connectivity index (χ2v) is 8.18. The van der Waals surface area contributed by atoms with Gasteiger partial charge < -0.3 is 23.9 Å². The summed E-state index contributed by atoms with van der Waals surface area (Å²) in [5, 5.41) is 6.84. The summed E-state index contributed by atoms with van der Waals surface area (Å²) in [4.78, 5) is 0. The van der Waals surface area contributed by atoms with Crippen LogP contribution >= 0.6 is 0 Å². The molecule has 0 aliphatic heterocycles. The summed E-state index contributed by atoms with van der Waals surface area (Å²) in [5.74, 6) is 0. The standard InChI is InChI=1S/C17H30N2O3Si/c1-4-14-22-23(20-2,21-3)15-8-11-18-12-13-19-16-17-9-6-5-7-10-17/h4-7,9-10,18-19H,1,8,11-16H2,2-3H3. The van der Waals surface area contributed by atoms with Crippen LogP contribution in [0.25, 0.3) is 0 Å². The van der Waals surface area contributed by atoms with Gasteiger partial charge in [-0.25, -0.2) is 0 Å². The Balaban J connectivity index is 2.06. The number of rotatable bonds is 14. The molecule has 1 aromatic carbocycles. The summed E-state index contributed by atoms with van der Waals surface area (Å²) >= 11 is 0. The number of benzene rings is 1. The van der Waals surface area contributed by atoms with Gasteiger partial charge >= 0.3 is 8.80 Å². The fourth-order valence-corrected chi connectivity index (χ4v) is 4.16. The minimum atomic E-state index is -2.51. The maximum atomic E-state index is 5.71. The zero-order chi connectivity index (χ0) is 16.8. The first kappa shape index (κ1) is 20.0. The third-order valence-electron chi connectivity index (χ3n) is 3.53. The van der Waals surface area contributed by atoms with Crippen LogP contribution in [-0.4, -0.2) is 49.3 Å². The van der Waals surface area contributed by atoms with Crippen LogP contribution in [0, 0.1) is 0 Å². The van der Waals surface area contributed by atoms with Crippen molar-refractivity contribution in [2.24, 2.45) is 0 Å². The van der Waals surface area contributed by atoms with Gasteiger partial charge in [0.15, 0.2) is 0 Å². The van der Waals surface area contributed by atoms with Gasteiger partial charge in [0.05, 0.1) is 6.61 Å². The molecule has 0 aliphatic rings. The number of hydrogen-bond donors (Lipinski definition) is 2. The van der Waals surface area contributed by atoms with Gasteiger partial charge in [0.2, 0.25) is 0 Å². The summed E-state index contributed by atoms with van der Waals surface area (Å²) < 4.78 is 16.7. The molecule has 0 radical (unpaired) electrons. The Morgan fingerprint density at radius 2 is 1.74 bits per heavy atom. The molecule has 0 saturated heterocycles. The SMILES string of the molecule is C=CCO[Si](CCCNCCNCc1ccccc1)(OC)OC. The van der Waals surface area contributed by atoms with Gasteiger partial charge in [0.25, 0.3) is 0 Å². The second-order valence-electron chi connectivity index (χ2n) is 5.21. The third kappa shape index (κ3) is 8.41. The van der Waals surface area contributed by atoms with E-state index in [1.807, 2.05) is 6.07 Å². The fourth-order valence-electron chi connectivity index (χ4n) is 2.22. The average Bonchev–Trinajstić information content (AvgIpc) is 2.61. The molecule has 23 heavy (non-hydrogen) atoms. The molecule has 0 aromatic heterocycles. The normalized spacial score (nSPS) is 11.6. The maximum absolute atomic E-state index is 5.71. The van der Waals surface area contributed by atoms with Gasteiger partial charge in [-0.05, 0) is 18.5 Å². The Kier molecular flexibility index (Phi) is 10.8. The van der Waals surface area contributed by atoms with Crippen molar-refractivity contribution in [3.8, 4) is 0 Å². The Bertz CT molecular complexity index is 414. The van der Waals surface area contributed by atoms with Gasteiger partial charge in [0.1, 0.15) is 0 Å². The first-order chi connectivity index (χ1) is 11.3. The van der Waals surface area contributed by atoms with E-state index in [9.17, 15) is 0 Å². The summed E-state index contributed by atoms with van der Waals surface area (Å²) in [7, 11) is 0.794. The van der Waals surface area contributed by atoms with E-state index in [2.05, 4.69) is 41.5 Å². The molecule has 0 fully saturated rings. The smallest absolute Gasteiger partial charge is 0.377 e. The lowest BCUT2D eigenvalue weighted by Gasteiger charge is -2.25. The number of hydrogen-bond acceptors (Lipinski definition) is 5. The van der Waals surface area contributed by atoms with Crippen LogP contribution in [0.4, 0.5) is 0 Å². The lowest BCUT2D eigenvalue weighted by molar-refractivity contribution is 0.109. The van der Waals surface area contributed by atoms with E-state index in [0.29, 0.717) is 6.61 Å². The van der Waals surface area contributed by atoms with E-state index in [1.165, 1.54) is 5.56 Å². The zero-order valence-corrected chi connectivity index (χ0v) is 15.3. The molecular weight excluding hydrogens is 308 g/mol. The molecule has 2 N–H and O–H groups in total. The molecule has 0 unspecified atom stereocenters. The highest BCUT2D eigenvalue weighted by Crippen LogP contribution is 2.15. The van der Waals surface area contributed by atoms with Crippen LogP contribution in [0.2, 0.25) is 6.04 Å². The van der Waals surface area contributed by atoms with Crippen LogP contribution < -0.4 is 10.6 Å². The molecule has 0 saturated carbocycles. The lowest BCUT2D eigenvalue weighted by Crippen LogP contribution is -2.44. The van der Waals surface area contributed by atoms with Gasteiger partial charge in [0, 0.05) is 39.9 Å². The highest BCUT2D eigenvalue weighted by atomic mass is 28.4. The minimum Gasteiger partial charge on any atom is -0.377 e. The largest absolute Gasteiger partial charge is 0.500 e. The second kappa shape index (κ2) is 12.4. The lowest BCUT2D eigenvalue weighted by atomic mass is 10.2. The van der Waals surface area contributed by atoms with Crippen molar-refractivity contribution in [3.63, 3.8) is 0 Å². The quantitative estimate of drug-likeness (QED) is 0.309. The van der Waals surface area contributed by atoms with Crippen molar-refractivity contribution < 1.29 is 13.3 Å². The van der Waals surface area contributed by atoms with Crippen molar-refractivity contribution in [2.75, 3.05) is 40.5 Å². The van der Waals surface area contributed by atoms with E-state index >= 15 is 0 Å². The Morgan fingerprint density at radius 3 is 2.39 bits per heavy atom. The van der Waals surface area contributed by atoms with E-state index in [0.717, 1.165) is 38.6 Å². The molecule has 0 atom stereocenters. The van der Waals surface area contributed by atoms with E-state index in [4.69, 9.17) is 13.3 Å². The molecule has 0 bridgehead atoms. The fraction of sp³-hybridized carbons (Fsp3) is 0.529. The van der Waals surface area contributed by atoms with Crippen molar-refractivity contribution in [2.45, 2.75) is 19.0 Å². The van der Waals surface area contributed by atoms with Crippen molar-refractivity contribution in [3.05, 3.63) is 48.6 Å². The Morgan fingerprint density at radius 1 is 1.04 bits per heavy atom. The van der Waals surface area contributed by atoms with E-state index < -0.39 is 8.80 Å². The van der Waals surface area contributed by atoms with Crippen LogP contribution in [0.15, 0.2) is 43.0 Å². The molecular formula is C17H30N2O3Si. The van der Waals surface area contributed by atoms with Crippen molar-refractivity contribution in [1.82, 2.24) is 10.6 Å². The summed E-state index contributed by atoms with van der Waals surface area (Å²) in [6.45, 7) is 7.83. The van der Waals surface area contributed by atoms with Gasteiger partial charge in [-0.2, -0.15) is 0 Å². The molecule has 130 valence electrons. The van der Waals surface area contributed by atoms with E-state index in [1.54, 1.807) is 20.3 Å². The first-order valence-electron chi connectivity index (χ1n) is 8.07. The molecule has 0 heterocycles. The molecule has 5 nitrogen and oxygen atoms in total. The molecule has 0 aliphatic carbocycles. The highest BCUT2D eigenvalue weighted by Gasteiger charge is 2.37. The van der Waals surface area contributed by atoms with E-state index in [-0.39, 0.29) is 0 Å². The van der Waals surface area contributed by atoms with Crippen molar-refractivity contribution in [1.29, 1.82) is 0 Å². The summed E-state index contributed by atoms with van der Waals surface area (Å²) in [6, 6.07) is 11.2. The highest BCUT2D eigenvalue weighted by molar-refractivity contribution is 6.60. The zero-order valence-electron chi connectivity index (χ0n) is 14.3. The van der Waals surface area contributed by atoms with Crippen LogP contribution in [0.3, 0.4) is 0 Å². The van der Waals surface area contributed by atoms with Crippen LogP contribution in [-0.2, 0) is 19.8 Å². The molecule has 1 aromatic rings. The summed E-state index contributed by atoms with van der Waals surface area (Å²) in [5.41, 5.74) is 1.31. The van der Waals surface area contributed by atoms with Crippen molar-refractivity contribution >= 4 is 8.80 Å². The monoisotopic (exact) mass is 338 g/mol. The predicted molar refractivity (Wildman–Crippen MR) is 96.4 cm³/mol. The Labute approximate surface area is 141 Å². The maximum Gasteiger partial charge on any atom is 0.500 e. The molecule has 0 amide bonds.